The van der Waals surface area contributed by atoms with Gasteiger partial charge in [0.15, 0.2) is 0 Å². The molecule has 0 aliphatic carbocycles. The molecule has 1 N–H and O–H groups in total. The molecule has 5 nitrogen and oxygen atoms in total. The predicted molar refractivity (Wildman–Crippen MR) is 78.4 cm³/mol. The van der Waals surface area contributed by atoms with Gasteiger partial charge in [-0.3, -0.25) is 10.1 Å². The number of anilines is 1. The largest absolute Gasteiger partial charge is 0.489 e. The van der Waals surface area contributed by atoms with E-state index in [2.05, 4.69) is 5.32 Å². The van der Waals surface area contributed by atoms with Gasteiger partial charge in [0.1, 0.15) is 23.9 Å². The van der Waals surface area contributed by atoms with Crippen LogP contribution in [0.15, 0.2) is 36.4 Å². The molecule has 0 fully saturated rings. The highest BCUT2D eigenvalue weighted by Crippen LogP contribution is 2.26. The van der Waals surface area contributed by atoms with Crippen molar-refractivity contribution in [1.29, 1.82) is 0 Å². The number of rotatable bonds is 5. The molecule has 2 aromatic rings. The second kappa shape index (κ2) is 6.41. The number of halogens is 2. The van der Waals surface area contributed by atoms with E-state index in [0.29, 0.717) is 11.4 Å². The highest BCUT2D eigenvalue weighted by atomic mass is 35.5. The second-order valence-electron chi connectivity index (χ2n) is 4.22. The average molecular weight is 311 g/mol. The number of nitrogens with zero attached hydrogens (tertiary/aromatic N) is 1. The Hall–Kier alpha value is -2.34. The monoisotopic (exact) mass is 310 g/mol. The Labute approximate surface area is 125 Å². The summed E-state index contributed by atoms with van der Waals surface area (Å²) in [7, 11) is 1.60. The van der Waals surface area contributed by atoms with E-state index in [9.17, 15) is 14.5 Å². The van der Waals surface area contributed by atoms with Crippen LogP contribution in [0.5, 0.6) is 5.75 Å². The smallest absolute Gasteiger partial charge is 0.292 e. The standard InChI is InChI=1S/C14H12ClFN2O3/c1-17-13-6-9(2-5-14(13)18(19)20)8-21-10-3-4-11(15)12(16)7-10/h2-7,17H,8H2,1H3. The molecule has 0 amide bonds. The Balaban J connectivity index is 2.13. The number of hydrogen-bond donors (Lipinski definition) is 1. The number of nitrogens with one attached hydrogen (secondary N) is 1. The van der Waals surface area contributed by atoms with Crippen molar-refractivity contribution in [2.75, 3.05) is 12.4 Å². The van der Waals surface area contributed by atoms with Gasteiger partial charge in [0.25, 0.3) is 5.69 Å². The summed E-state index contributed by atoms with van der Waals surface area (Å²) < 4.78 is 18.7. The molecule has 0 unspecified atom stereocenters. The minimum absolute atomic E-state index is 0.0150. The topological polar surface area (TPSA) is 64.4 Å². The third-order valence-electron chi connectivity index (χ3n) is 2.82. The van der Waals surface area contributed by atoms with Crippen LogP contribution in [0.25, 0.3) is 0 Å². The fourth-order valence-electron chi connectivity index (χ4n) is 1.77. The summed E-state index contributed by atoms with van der Waals surface area (Å²) in [6, 6.07) is 8.74. The molecule has 0 bridgehead atoms. The normalized spacial score (nSPS) is 10.2. The van der Waals surface area contributed by atoms with Crippen molar-refractivity contribution in [2.45, 2.75) is 6.61 Å². The molecule has 0 aliphatic rings. The van der Waals surface area contributed by atoms with Gasteiger partial charge in [0, 0.05) is 19.2 Å². The third kappa shape index (κ3) is 3.61. The van der Waals surface area contributed by atoms with Gasteiger partial charge < -0.3 is 10.1 Å². The van der Waals surface area contributed by atoms with Gasteiger partial charge in [-0.1, -0.05) is 11.6 Å². The van der Waals surface area contributed by atoms with Crippen molar-refractivity contribution in [3.63, 3.8) is 0 Å². The van der Waals surface area contributed by atoms with Gasteiger partial charge in [0.2, 0.25) is 0 Å². The Kier molecular flexibility index (Phi) is 4.59. The highest BCUT2D eigenvalue weighted by Gasteiger charge is 2.13. The number of ether oxygens (including phenoxy) is 1. The minimum atomic E-state index is -0.561. The molecule has 0 radical (unpaired) electrons. The van der Waals surface area contributed by atoms with Crippen LogP contribution >= 0.6 is 11.6 Å². The van der Waals surface area contributed by atoms with Crippen LogP contribution in [0.1, 0.15) is 5.56 Å². The Bertz CT molecular complexity index is 679. The summed E-state index contributed by atoms with van der Waals surface area (Å²) in [5.41, 5.74) is 1.10. The molecule has 0 aromatic heterocycles. The van der Waals surface area contributed by atoms with Gasteiger partial charge in [-0.15, -0.1) is 0 Å². The molecule has 21 heavy (non-hydrogen) atoms. The lowest BCUT2D eigenvalue weighted by atomic mass is 10.2. The number of nitro groups is 1. The van der Waals surface area contributed by atoms with E-state index in [1.54, 1.807) is 25.2 Å². The predicted octanol–water partition coefficient (Wildman–Crippen LogP) is 4.01. The van der Waals surface area contributed by atoms with Crippen molar-refractivity contribution in [2.24, 2.45) is 0 Å². The molecule has 2 rings (SSSR count). The number of benzene rings is 2. The van der Waals surface area contributed by atoms with Gasteiger partial charge in [-0.05, 0) is 29.8 Å². The van der Waals surface area contributed by atoms with Crippen molar-refractivity contribution in [3.05, 3.63) is 62.9 Å². The van der Waals surface area contributed by atoms with Gasteiger partial charge >= 0.3 is 0 Å². The first-order valence-corrected chi connectivity index (χ1v) is 6.42. The molecular weight excluding hydrogens is 299 g/mol. The molecule has 2 aromatic carbocycles. The summed E-state index contributed by atoms with van der Waals surface area (Å²) in [5.74, 6) is -0.227. The van der Waals surface area contributed by atoms with E-state index in [-0.39, 0.29) is 17.3 Å². The fraction of sp³-hybridized carbons (Fsp3) is 0.143. The van der Waals surface area contributed by atoms with Crippen molar-refractivity contribution >= 4 is 23.0 Å². The third-order valence-corrected chi connectivity index (χ3v) is 3.13. The van der Waals surface area contributed by atoms with Crippen LogP contribution in [0.3, 0.4) is 0 Å². The summed E-state index contributed by atoms with van der Waals surface area (Å²) in [4.78, 5) is 10.4. The van der Waals surface area contributed by atoms with Crippen LogP contribution in [0, 0.1) is 15.9 Å². The van der Waals surface area contributed by atoms with Crippen molar-refractivity contribution < 1.29 is 14.1 Å². The molecule has 0 atom stereocenters. The Morgan fingerprint density at radius 2 is 2.10 bits per heavy atom. The number of nitro benzene ring substituents is 1. The van der Waals surface area contributed by atoms with Crippen molar-refractivity contribution in [3.8, 4) is 5.75 Å². The molecule has 110 valence electrons. The van der Waals surface area contributed by atoms with E-state index in [4.69, 9.17) is 16.3 Å². The summed E-state index contributed by atoms with van der Waals surface area (Å²) in [6.07, 6.45) is 0. The van der Waals surface area contributed by atoms with E-state index < -0.39 is 10.7 Å². The lowest BCUT2D eigenvalue weighted by Gasteiger charge is -2.09. The Morgan fingerprint density at radius 3 is 2.71 bits per heavy atom. The molecule has 0 heterocycles. The first kappa shape index (κ1) is 15.1. The molecule has 0 aliphatic heterocycles. The summed E-state index contributed by atoms with van der Waals surface area (Å²) >= 11 is 5.58. The van der Waals surface area contributed by atoms with E-state index in [1.807, 2.05) is 0 Å². The zero-order valence-corrected chi connectivity index (χ0v) is 11.9. The van der Waals surface area contributed by atoms with Crippen LogP contribution in [0.2, 0.25) is 5.02 Å². The van der Waals surface area contributed by atoms with Gasteiger partial charge in [-0.25, -0.2) is 4.39 Å². The lowest BCUT2D eigenvalue weighted by Crippen LogP contribution is -2.00. The molecule has 7 heteroatoms. The van der Waals surface area contributed by atoms with Crippen LogP contribution < -0.4 is 10.1 Å². The average Bonchev–Trinajstić information content (AvgIpc) is 2.48. The van der Waals surface area contributed by atoms with Gasteiger partial charge in [-0.2, -0.15) is 0 Å². The van der Waals surface area contributed by atoms with Crippen LogP contribution in [-0.4, -0.2) is 12.0 Å². The second-order valence-corrected chi connectivity index (χ2v) is 4.63. The minimum Gasteiger partial charge on any atom is -0.489 e. The number of hydrogen-bond acceptors (Lipinski definition) is 4. The fourth-order valence-corrected chi connectivity index (χ4v) is 1.88. The van der Waals surface area contributed by atoms with E-state index >= 15 is 0 Å². The van der Waals surface area contributed by atoms with E-state index in [1.165, 1.54) is 18.2 Å². The van der Waals surface area contributed by atoms with E-state index in [0.717, 1.165) is 5.56 Å². The molecular formula is C14H12ClFN2O3. The first-order chi connectivity index (χ1) is 10.0. The summed E-state index contributed by atoms with van der Waals surface area (Å²) in [5, 5.41) is 13.6. The maximum atomic E-state index is 13.3. The summed E-state index contributed by atoms with van der Waals surface area (Å²) in [6.45, 7) is 0.160. The first-order valence-electron chi connectivity index (χ1n) is 6.04. The zero-order valence-electron chi connectivity index (χ0n) is 11.1. The lowest BCUT2D eigenvalue weighted by molar-refractivity contribution is -0.384. The van der Waals surface area contributed by atoms with Crippen LogP contribution in [0.4, 0.5) is 15.8 Å². The SMILES string of the molecule is CNc1cc(COc2ccc(Cl)c(F)c2)ccc1[N+](=O)[O-]. The maximum Gasteiger partial charge on any atom is 0.292 e. The van der Waals surface area contributed by atoms with Crippen molar-refractivity contribution in [1.82, 2.24) is 0 Å². The molecule has 0 saturated heterocycles. The van der Waals surface area contributed by atoms with Crippen LogP contribution in [-0.2, 0) is 6.61 Å². The molecule has 0 saturated carbocycles. The quantitative estimate of drug-likeness (QED) is 0.669. The zero-order chi connectivity index (χ0) is 15.4. The highest BCUT2D eigenvalue weighted by molar-refractivity contribution is 6.30. The maximum absolute atomic E-state index is 13.3. The Morgan fingerprint density at radius 1 is 1.33 bits per heavy atom. The molecule has 0 spiro atoms. The van der Waals surface area contributed by atoms with Gasteiger partial charge in [0.05, 0.1) is 9.95 Å².